The molecule has 0 aliphatic rings. The number of hydrogen-bond acceptors (Lipinski definition) is 5. The Morgan fingerprint density at radius 2 is 2.08 bits per heavy atom. The van der Waals surface area contributed by atoms with Crippen LogP contribution in [0.5, 0.6) is 11.5 Å². The Morgan fingerprint density at radius 1 is 1.24 bits per heavy atom. The summed E-state index contributed by atoms with van der Waals surface area (Å²) in [6.45, 7) is 4.17. The van der Waals surface area contributed by atoms with Crippen LogP contribution in [0.3, 0.4) is 0 Å². The van der Waals surface area contributed by atoms with Gasteiger partial charge in [0.15, 0.2) is 11.5 Å². The topological polar surface area (TPSA) is 63.7 Å². The van der Waals surface area contributed by atoms with Crippen molar-refractivity contribution >= 4 is 5.91 Å². The Kier molecular flexibility index (Phi) is 7.22. The van der Waals surface area contributed by atoms with Crippen LogP contribution in [0.1, 0.15) is 22.8 Å². The van der Waals surface area contributed by atoms with Crippen LogP contribution in [0.15, 0.2) is 42.7 Å². The van der Waals surface area contributed by atoms with Crippen LogP contribution in [0.4, 0.5) is 0 Å². The predicted octanol–water partition coefficient (Wildman–Crippen LogP) is 2.35. The number of pyridine rings is 1. The predicted molar refractivity (Wildman–Crippen MR) is 97.1 cm³/mol. The average Bonchev–Trinajstić information content (AvgIpc) is 2.65. The molecule has 1 aromatic carbocycles. The summed E-state index contributed by atoms with van der Waals surface area (Å²) in [6.07, 6.45) is 3.48. The third-order valence-electron chi connectivity index (χ3n) is 3.65. The molecule has 2 rings (SSSR count). The zero-order valence-electron chi connectivity index (χ0n) is 15.0. The maximum atomic E-state index is 12.5. The molecule has 0 saturated carbocycles. The first-order valence-corrected chi connectivity index (χ1v) is 8.34. The van der Waals surface area contributed by atoms with E-state index in [9.17, 15) is 4.79 Å². The lowest BCUT2D eigenvalue weighted by Gasteiger charge is -2.18. The van der Waals surface area contributed by atoms with Gasteiger partial charge < -0.3 is 19.7 Å². The zero-order chi connectivity index (χ0) is 18.1. The van der Waals surface area contributed by atoms with Gasteiger partial charge >= 0.3 is 0 Å². The number of nitrogens with one attached hydrogen (secondary N) is 1. The Bertz CT molecular complexity index is 677. The van der Waals surface area contributed by atoms with Crippen molar-refractivity contribution in [3.8, 4) is 11.5 Å². The molecule has 2 aromatic rings. The van der Waals surface area contributed by atoms with E-state index in [1.807, 2.05) is 26.1 Å². The normalized spacial score (nSPS) is 10.4. The number of amides is 1. The quantitative estimate of drug-likeness (QED) is 0.757. The van der Waals surface area contributed by atoms with E-state index in [1.54, 1.807) is 42.5 Å². The van der Waals surface area contributed by atoms with Crippen molar-refractivity contribution in [2.24, 2.45) is 0 Å². The summed E-state index contributed by atoms with van der Waals surface area (Å²) >= 11 is 0. The molecule has 1 aromatic heterocycles. The summed E-state index contributed by atoms with van der Waals surface area (Å²) in [7, 11) is 3.65. The first kappa shape index (κ1) is 18.7. The third-order valence-corrected chi connectivity index (χ3v) is 3.65. The second-order valence-electron chi connectivity index (χ2n) is 5.57. The van der Waals surface area contributed by atoms with E-state index < -0.39 is 0 Å². The van der Waals surface area contributed by atoms with Gasteiger partial charge in [0.05, 0.1) is 6.61 Å². The molecule has 6 nitrogen and oxygen atoms in total. The number of hydrogen-bond donors (Lipinski definition) is 1. The molecule has 1 amide bonds. The van der Waals surface area contributed by atoms with Crippen LogP contribution in [0.2, 0.25) is 0 Å². The molecule has 1 heterocycles. The van der Waals surface area contributed by atoms with Crippen LogP contribution in [-0.4, -0.2) is 49.6 Å². The molecule has 25 heavy (non-hydrogen) atoms. The molecule has 0 radical (unpaired) electrons. The summed E-state index contributed by atoms with van der Waals surface area (Å²) in [5, 5.41) is 3.03. The highest BCUT2D eigenvalue weighted by Crippen LogP contribution is 2.29. The van der Waals surface area contributed by atoms with Crippen LogP contribution in [0.25, 0.3) is 0 Å². The van der Waals surface area contributed by atoms with E-state index in [1.165, 1.54) is 0 Å². The van der Waals surface area contributed by atoms with Gasteiger partial charge in [-0.25, -0.2) is 0 Å². The van der Waals surface area contributed by atoms with E-state index in [0.717, 1.165) is 12.1 Å². The fraction of sp³-hybridized carbons (Fsp3) is 0.368. The minimum Gasteiger partial charge on any atom is -0.490 e. The van der Waals surface area contributed by atoms with Crippen molar-refractivity contribution in [3.63, 3.8) is 0 Å². The zero-order valence-corrected chi connectivity index (χ0v) is 15.0. The highest BCUT2D eigenvalue weighted by molar-refractivity contribution is 5.94. The standard InChI is InChI=1S/C19H25N3O3/c1-4-24-18-12-16(19(23)22(3)11-10-20-2)7-8-17(18)25-14-15-6-5-9-21-13-15/h5-9,12-13,20H,4,10-11,14H2,1-3H3. The number of nitrogens with zero attached hydrogens (tertiary/aromatic N) is 2. The number of carbonyl (C=O) groups is 1. The Balaban J connectivity index is 2.12. The summed E-state index contributed by atoms with van der Waals surface area (Å²) in [6, 6.07) is 9.09. The molecule has 0 atom stereocenters. The van der Waals surface area contributed by atoms with Crippen molar-refractivity contribution in [2.75, 3.05) is 33.8 Å². The van der Waals surface area contributed by atoms with Crippen molar-refractivity contribution in [3.05, 3.63) is 53.9 Å². The molecule has 0 saturated heterocycles. The van der Waals surface area contributed by atoms with E-state index in [0.29, 0.717) is 36.8 Å². The lowest BCUT2D eigenvalue weighted by molar-refractivity contribution is 0.0796. The summed E-state index contributed by atoms with van der Waals surface area (Å²) in [5.74, 6) is 1.13. The Hall–Kier alpha value is -2.60. The van der Waals surface area contributed by atoms with Crippen molar-refractivity contribution in [2.45, 2.75) is 13.5 Å². The van der Waals surface area contributed by atoms with Gasteiger partial charge in [-0.05, 0) is 38.2 Å². The Labute approximate surface area is 148 Å². The lowest BCUT2D eigenvalue weighted by atomic mass is 10.1. The van der Waals surface area contributed by atoms with Gasteiger partial charge in [0.25, 0.3) is 5.91 Å². The van der Waals surface area contributed by atoms with Crippen molar-refractivity contribution < 1.29 is 14.3 Å². The molecule has 0 spiro atoms. The smallest absolute Gasteiger partial charge is 0.253 e. The summed E-state index contributed by atoms with van der Waals surface area (Å²) < 4.78 is 11.5. The molecular formula is C19H25N3O3. The maximum absolute atomic E-state index is 12.5. The lowest BCUT2D eigenvalue weighted by Crippen LogP contribution is -2.32. The van der Waals surface area contributed by atoms with E-state index in [2.05, 4.69) is 10.3 Å². The molecular weight excluding hydrogens is 318 g/mol. The van der Waals surface area contributed by atoms with Gasteiger partial charge in [0, 0.05) is 43.7 Å². The van der Waals surface area contributed by atoms with Crippen molar-refractivity contribution in [1.29, 1.82) is 0 Å². The van der Waals surface area contributed by atoms with Crippen LogP contribution < -0.4 is 14.8 Å². The number of benzene rings is 1. The van der Waals surface area contributed by atoms with Crippen LogP contribution in [-0.2, 0) is 6.61 Å². The minimum absolute atomic E-state index is 0.0463. The fourth-order valence-corrected chi connectivity index (χ4v) is 2.27. The molecule has 0 aliphatic carbocycles. The highest BCUT2D eigenvalue weighted by atomic mass is 16.5. The fourth-order valence-electron chi connectivity index (χ4n) is 2.27. The van der Waals surface area contributed by atoms with Crippen LogP contribution in [0, 0.1) is 0 Å². The molecule has 6 heteroatoms. The largest absolute Gasteiger partial charge is 0.490 e. The minimum atomic E-state index is -0.0463. The van der Waals surface area contributed by atoms with Gasteiger partial charge in [-0.3, -0.25) is 9.78 Å². The monoisotopic (exact) mass is 343 g/mol. The maximum Gasteiger partial charge on any atom is 0.253 e. The number of rotatable bonds is 9. The first-order chi connectivity index (χ1) is 12.2. The number of likely N-dealkylation sites (N-methyl/N-ethyl adjacent to an activating group) is 2. The van der Waals surface area contributed by atoms with E-state index >= 15 is 0 Å². The second kappa shape index (κ2) is 9.64. The highest BCUT2D eigenvalue weighted by Gasteiger charge is 2.15. The van der Waals surface area contributed by atoms with E-state index in [4.69, 9.17) is 9.47 Å². The molecule has 0 fully saturated rings. The average molecular weight is 343 g/mol. The number of carbonyl (C=O) groups excluding carboxylic acids is 1. The number of aromatic nitrogens is 1. The van der Waals surface area contributed by atoms with Gasteiger partial charge in [0.2, 0.25) is 0 Å². The summed E-state index contributed by atoms with van der Waals surface area (Å²) in [5.41, 5.74) is 1.55. The molecule has 0 aliphatic heterocycles. The van der Waals surface area contributed by atoms with Gasteiger partial charge in [-0.1, -0.05) is 6.07 Å². The molecule has 1 N–H and O–H groups in total. The van der Waals surface area contributed by atoms with E-state index in [-0.39, 0.29) is 5.91 Å². The Morgan fingerprint density at radius 3 is 2.76 bits per heavy atom. The van der Waals surface area contributed by atoms with Crippen molar-refractivity contribution in [1.82, 2.24) is 15.2 Å². The molecule has 0 unspecified atom stereocenters. The van der Waals surface area contributed by atoms with Gasteiger partial charge in [-0.2, -0.15) is 0 Å². The second-order valence-corrected chi connectivity index (χ2v) is 5.57. The van der Waals surface area contributed by atoms with Crippen LogP contribution >= 0.6 is 0 Å². The summed E-state index contributed by atoms with van der Waals surface area (Å²) in [4.78, 5) is 18.2. The first-order valence-electron chi connectivity index (χ1n) is 8.34. The SMILES string of the molecule is CCOc1cc(C(=O)N(C)CCNC)ccc1OCc1cccnc1. The molecule has 134 valence electrons. The van der Waals surface area contributed by atoms with Gasteiger partial charge in [-0.15, -0.1) is 0 Å². The molecule has 0 bridgehead atoms. The third kappa shape index (κ3) is 5.46. The van der Waals surface area contributed by atoms with Gasteiger partial charge in [0.1, 0.15) is 6.61 Å². The number of ether oxygens (including phenoxy) is 2.